The van der Waals surface area contributed by atoms with Crippen LogP contribution in [0.5, 0.6) is 5.75 Å². The summed E-state index contributed by atoms with van der Waals surface area (Å²) < 4.78 is 5.35. The highest BCUT2D eigenvalue weighted by atomic mass is 16.5. The standard InChI is InChI=1S/C21H25N5O/c1-4-26(5-2)17-12-10-16(11-13-17)23-20-14-15-22-21(25-20)24-18-8-6-7-9-19(18)27-3/h6-15H,4-5H2,1-3H3,(H2,22,23,24,25). The van der Waals surface area contributed by atoms with Crippen molar-refractivity contribution >= 4 is 28.8 Å². The molecule has 0 atom stereocenters. The van der Waals surface area contributed by atoms with Gasteiger partial charge in [0.25, 0.3) is 0 Å². The second-order valence-corrected chi connectivity index (χ2v) is 5.93. The number of benzene rings is 2. The van der Waals surface area contributed by atoms with E-state index in [1.807, 2.05) is 30.3 Å². The fourth-order valence-electron chi connectivity index (χ4n) is 2.85. The van der Waals surface area contributed by atoms with Gasteiger partial charge in [0, 0.05) is 30.7 Å². The quantitative estimate of drug-likeness (QED) is 0.598. The summed E-state index contributed by atoms with van der Waals surface area (Å²) in [5.74, 6) is 1.97. The van der Waals surface area contributed by atoms with Gasteiger partial charge in [-0.25, -0.2) is 4.98 Å². The van der Waals surface area contributed by atoms with Crippen molar-refractivity contribution in [2.24, 2.45) is 0 Å². The number of hydrogen-bond acceptors (Lipinski definition) is 6. The molecule has 1 aromatic heterocycles. The van der Waals surface area contributed by atoms with Gasteiger partial charge in [-0.15, -0.1) is 0 Å². The third kappa shape index (κ3) is 4.67. The van der Waals surface area contributed by atoms with Crippen molar-refractivity contribution in [3.8, 4) is 5.75 Å². The molecule has 0 aliphatic rings. The largest absolute Gasteiger partial charge is 0.495 e. The minimum absolute atomic E-state index is 0.504. The zero-order valence-electron chi connectivity index (χ0n) is 15.9. The minimum atomic E-state index is 0.504. The normalized spacial score (nSPS) is 10.3. The number of anilines is 5. The molecule has 6 nitrogen and oxygen atoms in total. The predicted molar refractivity (Wildman–Crippen MR) is 112 cm³/mol. The Kier molecular flexibility index (Phi) is 6.10. The third-order valence-corrected chi connectivity index (χ3v) is 4.28. The summed E-state index contributed by atoms with van der Waals surface area (Å²) in [6.07, 6.45) is 1.72. The monoisotopic (exact) mass is 363 g/mol. The summed E-state index contributed by atoms with van der Waals surface area (Å²) in [7, 11) is 1.64. The van der Waals surface area contributed by atoms with E-state index in [1.165, 1.54) is 5.69 Å². The first kappa shape index (κ1) is 18.5. The van der Waals surface area contributed by atoms with Crippen molar-refractivity contribution in [1.82, 2.24) is 9.97 Å². The number of nitrogens with zero attached hydrogens (tertiary/aromatic N) is 3. The molecule has 0 saturated carbocycles. The van der Waals surface area contributed by atoms with Gasteiger partial charge in [0.1, 0.15) is 11.6 Å². The predicted octanol–water partition coefficient (Wildman–Crippen LogP) is 4.82. The molecule has 1 heterocycles. The summed E-state index contributed by atoms with van der Waals surface area (Å²) in [6.45, 7) is 6.31. The average Bonchev–Trinajstić information content (AvgIpc) is 2.71. The molecule has 0 unspecified atom stereocenters. The van der Waals surface area contributed by atoms with E-state index in [0.717, 1.165) is 36.0 Å². The van der Waals surface area contributed by atoms with Gasteiger partial charge in [-0.05, 0) is 56.3 Å². The molecule has 0 spiro atoms. The SMILES string of the molecule is CCN(CC)c1ccc(Nc2ccnc(Nc3ccccc3OC)n2)cc1. The summed E-state index contributed by atoms with van der Waals surface area (Å²) >= 11 is 0. The van der Waals surface area contributed by atoms with Gasteiger partial charge in [0.05, 0.1) is 12.8 Å². The van der Waals surface area contributed by atoms with Crippen LogP contribution in [0, 0.1) is 0 Å². The van der Waals surface area contributed by atoms with Crippen LogP contribution in [0.15, 0.2) is 60.8 Å². The number of rotatable bonds is 8. The molecule has 27 heavy (non-hydrogen) atoms. The second kappa shape index (κ2) is 8.89. The summed E-state index contributed by atoms with van der Waals surface area (Å²) in [5.41, 5.74) is 3.01. The highest BCUT2D eigenvalue weighted by molar-refractivity contribution is 5.65. The van der Waals surface area contributed by atoms with E-state index in [1.54, 1.807) is 13.3 Å². The molecule has 6 heteroatoms. The number of para-hydroxylation sites is 2. The van der Waals surface area contributed by atoms with Crippen LogP contribution < -0.4 is 20.3 Å². The fraction of sp³-hybridized carbons (Fsp3) is 0.238. The smallest absolute Gasteiger partial charge is 0.229 e. The molecule has 2 N–H and O–H groups in total. The second-order valence-electron chi connectivity index (χ2n) is 5.93. The number of methoxy groups -OCH3 is 1. The van der Waals surface area contributed by atoms with E-state index >= 15 is 0 Å². The summed E-state index contributed by atoms with van der Waals surface area (Å²) in [5, 5.41) is 6.51. The Morgan fingerprint density at radius 1 is 0.926 bits per heavy atom. The minimum Gasteiger partial charge on any atom is -0.495 e. The van der Waals surface area contributed by atoms with Crippen LogP contribution in [0.1, 0.15) is 13.8 Å². The Balaban J connectivity index is 1.72. The van der Waals surface area contributed by atoms with E-state index in [4.69, 9.17) is 4.74 Å². The van der Waals surface area contributed by atoms with Gasteiger partial charge < -0.3 is 20.3 Å². The Morgan fingerprint density at radius 3 is 2.37 bits per heavy atom. The molecular formula is C21H25N5O. The van der Waals surface area contributed by atoms with Crippen LogP contribution in [-0.2, 0) is 0 Å². The molecule has 0 amide bonds. The molecule has 3 aromatic rings. The van der Waals surface area contributed by atoms with Gasteiger partial charge in [0.2, 0.25) is 5.95 Å². The molecule has 0 aliphatic heterocycles. The fourth-order valence-corrected chi connectivity index (χ4v) is 2.85. The maximum Gasteiger partial charge on any atom is 0.229 e. The summed E-state index contributed by atoms with van der Waals surface area (Å²) in [4.78, 5) is 11.1. The van der Waals surface area contributed by atoms with Crippen molar-refractivity contribution < 1.29 is 4.74 Å². The Morgan fingerprint density at radius 2 is 1.67 bits per heavy atom. The molecule has 0 saturated heterocycles. The van der Waals surface area contributed by atoms with E-state index in [0.29, 0.717) is 5.95 Å². The summed E-state index contributed by atoms with van der Waals surface area (Å²) in [6, 6.07) is 17.9. The zero-order valence-corrected chi connectivity index (χ0v) is 15.9. The lowest BCUT2D eigenvalue weighted by Crippen LogP contribution is -2.21. The van der Waals surface area contributed by atoms with E-state index < -0.39 is 0 Å². The lowest BCUT2D eigenvalue weighted by Gasteiger charge is -2.21. The van der Waals surface area contributed by atoms with Crippen molar-refractivity contribution in [3.63, 3.8) is 0 Å². The molecule has 0 bridgehead atoms. The van der Waals surface area contributed by atoms with Gasteiger partial charge >= 0.3 is 0 Å². The van der Waals surface area contributed by atoms with E-state index in [2.05, 4.69) is 63.6 Å². The van der Waals surface area contributed by atoms with E-state index in [-0.39, 0.29) is 0 Å². The molecule has 3 rings (SSSR count). The zero-order chi connectivity index (χ0) is 19.1. The Labute approximate surface area is 160 Å². The third-order valence-electron chi connectivity index (χ3n) is 4.28. The van der Waals surface area contributed by atoms with Crippen molar-refractivity contribution in [3.05, 3.63) is 60.8 Å². The number of aromatic nitrogens is 2. The first-order valence-corrected chi connectivity index (χ1v) is 9.08. The van der Waals surface area contributed by atoms with Crippen LogP contribution >= 0.6 is 0 Å². The topological polar surface area (TPSA) is 62.3 Å². The van der Waals surface area contributed by atoms with Gasteiger partial charge in [0.15, 0.2) is 0 Å². The molecule has 0 radical (unpaired) electrons. The highest BCUT2D eigenvalue weighted by Gasteiger charge is 2.06. The first-order valence-electron chi connectivity index (χ1n) is 9.08. The van der Waals surface area contributed by atoms with E-state index in [9.17, 15) is 0 Å². The van der Waals surface area contributed by atoms with Crippen LogP contribution in [-0.4, -0.2) is 30.2 Å². The number of ether oxygens (including phenoxy) is 1. The Hall–Kier alpha value is -3.28. The molecule has 0 aliphatic carbocycles. The number of nitrogens with one attached hydrogen (secondary N) is 2. The maximum atomic E-state index is 5.35. The van der Waals surface area contributed by atoms with Gasteiger partial charge in [-0.2, -0.15) is 4.98 Å². The number of hydrogen-bond donors (Lipinski definition) is 2. The van der Waals surface area contributed by atoms with Crippen LogP contribution in [0.3, 0.4) is 0 Å². The van der Waals surface area contributed by atoms with Crippen molar-refractivity contribution in [2.45, 2.75) is 13.8 Å². The average molecular weight is 363 g/mol. The van der Waals surface area contributed by atoms with Gasteiger partial charge in [-0.3, -0.25) is 0 Å². The molecule has 2 aromatic carbocycles. The first-order chi connectivity index (χ1) is 13.2. The highest BCUT2D eigenvalue weighted by Crippen LogP contribution is 2.26. The molecule has 140 valence electrons. The maximum absolute atomic E-state index is 5.35. The lowest BCUT2D eigenvalue weighted by molar-refractivity contribution is 0.417. The lowest BCUT2D eigenvalue weighted by atomic mass is 10.2. The van der Waals surface area contributed by atoms with Crippen LogP contribution in [0.25, 0.3) is 0 Å². The molecular weight excluding hydrogens is 338 g/mol. The van der Waals surface area contributed by atoms with Crippen LogP contribution in [0.2, 0.25) is 0 Å². The van der Waals surface area contributed by atoms with Crippen molar-refractivity contribution in [1.29, 1.82) is 0 Å². The van der Waals surface area contributed by atoms with Crippen molar-refractivity contribution in [2.75, 3.05) is 35.7 Å². The van der Waals surface area contributed by atoms with Crippen LogP contribution in [0.4, 0.5) is 28.8 Å². The van der Waals surface area contributed by atoms with Gasteiger partial charge in [-0.1, -0.05) is 12.1 Å². The Bertz CT molecular complexity index is 862. The molecule has 0 fully saturated rings.